The number of carbonyl (C=O) groups excluding carboxylic acids is 2. The van der Waals surface area contributed by atoms with Gasteiger partial charge in [-0.2, -0.15) is 0 Å². The minimum absolute atomic E-state index is 0.166. The molecule has 1 saturated carbocycles. The maximum absolute atomic E-state index is 12.0. The summed E-state index contributed by atoms with van der Waals surface area (Å²) in [7, 11) is 1.43. The van der Waals surface area contributed by atoms with Crippen molar-refractivity contribution in [2.45, 2.75) is 18.3 Å². The molecule has 1 heterocycles. The highest BCUT2D eigenvalue weighted by atomic mass is 35.5. The van der Waals surface area contributed by atoms with Gasteiger partial charge in [0.15, 0.2) is 0 Å². The summed E-state index contributed by atoms with van der Waals surface area (Å²) in [5, 5.41) is 3.44. The summed E-state index contributed by atoms with van der Waals surface area (Å²) in [6.07, 6.45) is 1.66. The van der Waals surface area contributed by atoms with Crippen LogP contribution in [0.4, 0.5) is 0 Å². The Morgan fingerprint density at radius 1 is 1.00 bits per heavy atom. The van der Waals surface area contributed by atoms with E-state index >= 15 is 0 Å². The van der Waals surface area contributed by atoms with Gasteiger partial charge in [-0.05, 0) is 52.7 Å². The van der Waals surface area contributed by atoms with Gasteiger partial charge in [0.2, 0.25) is 0 Å². The smallest absolute Gasteiger partial charge is 0.316 e. The molecule has 1 aliphatic carbocycles. The topological polar surface area (TPSA) is 69.2 Å². The van der Waals surface area contributed by atoms with E-state index in [1.54, 1.807) is 0 Å². The number of methoxy groups -OCH3 is 1. The maximum atomic E-state index is 12.0. The SMILES string of the molecule is COC(=O)C1(c2ccc(-c3ccc(-c4nnsc4C(=O)Cl)cc3)cc2)CC1. The van der Waals surface area contributed by atoms with Crippen molar-refractivity contribution < 1.29 is 14.3 Å². The minimum atomic E-state index is -0.556. The molecular weight excluding hydrogens is 384 g/mol. The third-order valence-corrected chi connectivity index (χ3v) is 5.95. The number of hydrogen-bond acceptors (Lipinski definition) is 6. The lowest BCUT2D eigenvalue weighted by Gasteiger charge is -2.13. The fourth-order valence-corrected chi connectivity index (χ4v) is 3.96. The molecule has 1 aromatic heterocycles. The average molecular weight is 399 g/mol. The number of hydrogen-bond donors (Lipinski definition) is 0. The van der Waals surface area contributed by atoms with Crippen molar-refractivity contribution in [1.29, 1.82) is 0 Å². The van der Waals surface area contributed by atoms with Crippen LogP contribution < -0.4 is 0 Å². The number of nitrogens with zero attached hydrogens (tertiary/aromatic N) is 2. The number of rotatable bonds is 5. The normalized spacial score (nSPS) is 14.6. The van der Waals surface area contributed by atoms with Crippen molar-refractivity contribution in [3.05, 3.63) is 59.0 Å². The fourth-order valence-electron chi connectivity index (χ4n) is 3.24. The van der Waals surface area contributed by atoms with E-state index in [1.807, 2.05) is 48.5 Å². The zero-order valence-electron chi connectivity index (χ0n) is 14.4. The predicted octanol–water partition coefficient (Wildman–Crippen LogP) is 4.46. The molecule has 136 valence electrons. The van der Waals surface area contributed by atoms with Gasteiger partial charge in [0.1, 0.15) is 10.6 Å². The van der Waals surface area contributed by atoms with Crippen molar-refractivity contribution >= 4 is 34.3 Å². The van der Waals surface area contributed by atoms with Crippen LogP contribution >= 0.6 is 23.1 Å². The Kier molecular flexibility index (Phi) is 4.53. The van der Waals surface area contributed by atoms with Crippen LogP contribution in [0.15, 0.2) is 48.5 Å². The van der Waals surface area contributed by atoms with Crippen molar-refractivity contribution in [2.24, 2.45) is 0 Å². The zero-order valence-corrected chi connectivity index (χ0v) is 16.0. The van der Waals surface area contributed by atoms with Gasteiger partial charge in [-0.3, -0.25) is 9.59 Å². The van der Waals surface area contributed by atoms with E-state index in [-0.39, 0.29) is 5.97 Å². The molecule has 0 N–H and O–H groups in total. The highest BCUT2D eigenvalue weighted by Crippen LogP contribution is 2.49. The van der Waals surface area contributed by atoms with E-state index in [4.69, 9.17) is 16.3 Å². The summed E-state index contributed by atoms with van der Waals surface area (Å²) in [5.74, 6) is -0.166. The molecule has 5 nitrogen and oxygen atoms in total. The summed E-state index contributed by atoms with van der Waals surface area (Å²) in [6.45, 7) is 0. The molecular formula is C20H15ClN2O3S. The Hall–Kier alpha value is -2.57. The molecule has 2 aromatic carbocycles. The van der Waals surface area contributed by atoms with E-state index in [0.29, 0.717) is 10.6 Å². The van der Waals surface area contributed by atoms with Crippen LogP contribution in [0.2, 0.25) is 0 Å². The van der Waals surface area contributed by atoms with Crippen LogP contribution in [-0.2, 0) is 14.9 Å². The second-order valence-electron chi connectivity index (χ2n) is 6.45. The molecule has 1 aliphatic rings. The molecule has 0 bridgehead atoms. The molecule has 1 fully saturated rings. The van der Waals surface area contributed by atoms with Gasteiger partial charge in [-0.25, -0.2) is 0 Å². The van der Waals surface area contributed by atoms with Crippen molar-refractivity contribution in [3.8, 4) is 22.4 Å². The van der Waals surface area contributed by atoms with Gasteiger partial charge in [-0.1, -0.05) is 53.0 Å². The number of esters is 1. The highest BCUT2D eigenvalue weighted by molar-refractivity contribution is 7.10. The summed E-state index contributed by atoms with van der Waals surface area (Å²) in [6, 6.07) is 15.7. The quantitative estimate of drug-likeness (QED) is 0.469. The van der Waals surface area contributed by atoms with E-state index in [2.05, 4.69) is 9.59 Å². The molecule has 0 saturated heterocycles. The summed E-state index contributed by atoms with van der Waals surface area (Å²) < 4.78 is 8.75. The maximum Gasteiger partial charge on any atom is 0.316 e. The molecule has 0 unspecified atom stereocenters. The lowest BCUT2D eigenvalue weighted by atomic mass is 9.93. The van der Waals surface area contributed by atoms with Crippen molar-refractivity contribution in [1.82, 2.24) is 9.59 Å². The van der Waals surface area contributed by atoms with Crippen molar-refractivity contribution in [2.75, 3.05) is 7.11 Å². The highest BCUT2D eigenvalue weighted by Gasteiger charge is 2.52. The molecule has 0 atom stereocenters. The monoisotopic (exact) mass is 398 g/mol. The molecule has 4 rings (SSSR count). The first-order valence-electron chi connectivity index (χ1n) is 8.37. The van der Waals surface area contributed by atoms with Gasteiger partial charge in [-0.15, -0.1) is 5.10 Å². The Morgan fingerprint density at radius 2 is 1.56 bits per heavy atom. The average Bonchev–Trinajstić information content (AvgIpc) is 3.36. The molecule has 0 radical (unpaired) electrons. The summed E-state index contributed by atoms with van der Waals surface area (Å²) >= 11 is 6.56. The van der Waals surface area contributed by atoms with E-state index in [9.17, 15) is 9.59 Å². The van der Waals surface area contributed by atoms with Crippen LogP contribution in [0.3, 0.4) is 0 Å². The Balaban J connectivity index is 1.59. The Labute approximate surface area is 165 Å². The van der Waals surface area contributed by atoms with Crippen LogP contribution in [-0.4, -0.2) is 27.9 Å². The fraction of sp³-hybridized carbons (Fsp3) is 0.200. The third kappa shape index (κ3) is 3.15. The van der Waals surface area contributed by atoms with Gasteiger partial charge >= 0.3 is 5.97 Å². The lowest BCUT2D eigenvalue weighted by Crippen LogP contribution is -2.21. The molecule has 0 amide bonds. The largest absolute Gasteiger partial charge is 0.468 e. The molecule has 27 heavy (non-hydrogen) atoms. The standard InChI is InChI=1S/C20H15ClN2O3S/c1-26-19(25)20(10-11-20)15-8-6-13(7-9-15)12-2-4-14(5-3-12)16-17(18(21)24)27-23-22-16/h2-9H,10-11H2,1H3. The van der Waals surface area contributed by atoms with Crippen LogP contribution in [0.25, 0.3) is 22.4 Å². The van der Waals surface area contributed by atoms with E-state index in [1.165, 1.54) is 7.11 Å². The third-order valence-electron chi connectivity index (χ3n) is 4.92. The Bertz CT molecular complexity index is 1010. The van der Waals surface area contributed by atoms with E-state index in [0.717, 1.165) is 46.6 Å². The van der Waals surface area contributed by atoms with Gasteiger partial charge in [0.05, 0.1) is 12.5 Å². The predicted molar refractivity (Wildman–Crippen MR) is 104 cm³/mol. The number of aromatic nitrogens is 2. The van der Waals surface area contributed by atoms with Gasteiger partial charge in [0.25, 0.3) is 5.24 Å². The van der Waals surface area contributed by atoms with Gasteiger partial charge < -0.3 is 4.74 Å². The minimum Gasteiger partial charge on any atom is -0.468 e. The van der Waals surface area contributed by atoms with Crippen molar-refractivity contribution in [3.63, 3.8) is 0 Å². The number of benzene rings is 2. The first-order valence-corrected chi connectivity index (χ1v) is 9.52. The second-order valence-corrected chi connectivity index (χ2v) is 7.55. The van der Waals surface area contributed by atoms with Crippen LogP contribution in [0, 0.1) is 0 Å². The van der Waals surface area contributed by atoms with Gasteiger partial charge in [0, 0.05) is 5.56 Å². The first kappa shape index (κ1) is 17.8. The first-order chi connectivity index (χ1) is 13.0. The molecule has 7 heteroatoms. The Morgan fingerprint density at radius 3 is 2.07 bits per heavy atom. The number of carbonyl (C=O) groups is 2. The lowest BCUT2D eigenvalue weighted by molar-refractivity contribution is -0.143. The zero-order chi connectivity index (χ0) is 19.0. The summed E-state index contributed by atoms with van der Waals surface area (Å²) in [5.41, 5.74) is 3.88. The second kappa shape index (κ2) is 6.87. The molecule has 0 aliphatic heterocycles. The molecule has 3 aromatic rings. The van der Waals surface area contributed by atoms with Crippen LogP contribution in [0.5, 0.6) is 0 Å². The van der Waals surface area contributed by atoms with E-state index < -0.39 is 10.7 Å². The number of ether oxygens (including phenoxy) is 1. The number of halogens is 1. The van der Waals surface area contributed by atoms with Crippen LogP contribution in [0.1, 0.15) is 28.1 Å². The molecule has 0 spiro atoms. The summed E-state index contributed by atoms with van der Waals surface area (Å²) in [4.78, 5) is 23.8.